The standard InChI is InChI=1S/C26H24N2O7S/c1-32-18-8-4-5-9-19(18)33-13-12-28-14-21(34-24(28)36)25(29,30)26(31)16-10-11-20(35-26)22-15-6-2-3-7-17(15)27-23(16)22/h2-11,21,27,29-31H,12-14H2,1H3. The van der Waals surface area contributed by atoms with Gasteiger partial charge in [-0.15, -0.1) is 0 Å². The smallest absolute Gasteiger partial charge is 0.295 e. The number of methoxy groups -OCH3 is 1. The fourth-order valence-electron chi connectivity index (χ4n) is 4.90. The summed E-state index contributed by atoms with van der Waals surface area (Å²) >= 11 is 5.32. The number of thiocarbonyl (C=S) groups is 1. The largest absolute Gasteiger partial charge is 0.493 e. The fourth-order valence-corrected chi connectivity index (χ4v) is 5.18. The predicted octanol–water partition coefficient (Wildman–Crippen LogP) is 2.61. The number of rotatable bonds is 7. The minimum absolute atomic E-state index is 0.0126. The van der Waals surface area contributed by atoms with E-state index in [1.54, 1.807) is 36.3 Å². The van der Waals surface area contributed by atoms with Crippen LogP contribution in [0.1, 0.15) is 5.56 Å². The minimum atomic E-state index is -2.82. The van der Waals surface area contributed by atoms with Gasteiger partial charge in [-0.1, -0.05) is 30.3 Å². The lowest BCUT2D eigenvalue weighted by Gasteiger charge is -2.44. The molecule has 4 aromatic rings. The summed E-state index contributed by atoms with van der Waals surface area (Å²) in [5, 5.41) is 35.8. The molecule has 2 atom stereocenters. The fraction of sp³-hybridized carbons (Fsp3) is 0.269. The summed E-state index contributed by atoms with van der Waals surface area (Å²) in [6.07, 6.45) is -1.28. The zero-order valence-corrected chi connectivity index (χ0v) is 20.1. The van der Waals surface area contributed by atoms with Crippen molar-refractivity contribution in [2.45, 2.75) is 17.7 Å². The van der Waals surface area contributed by atoms with Crippen LogP contribution in [0.5, 0.6) is 17.2 Å². The molecular weight excluding hydrogens is 484 g/mol. The lowest BCUT2D eigenvalue weighted by atomic mass is 9.88. The second kappa shape index (κ2) is 8.24. The maximum Gasteiger partial charge on any atom is 0.295 e. The van der Waals surface area contributed by atoms with Crippen molar-refractivity contribution in [1.29, 1.82) is 0 Å². The van der Waals surface area contributed by atoms with Crippen molar-refractivity contribution >= 4 is 39.2 Å². The summed E-state index contributed by atoms with van der Waals surface area (Å²) in [4.78, 5) is 4.90. The van der Waals surface area contributed by atoms with Crippen molar-refractivity contribution < 1.29 is 34.3 Å². The molecule has 2 unspecified atom stereocenters. The Morgan fingerprint density at radius 1 is 1.11 bits per heavy atom. The molecule has 4 heterocycles. The summed E-state index contributed by atoms with van der Waals surface area (Å²) in [7, 11) is 1.56. The SMILES string of the molecule is COc1ccccc1OCCN1CC(C(O)(O)C2(O)Oc3ccc2c2[nH]c4ccccc4c32)OC1=S. The number of H-pyrrole nitrogens is 1. The maximum atomic E-state index is 11.5. The number of hydrogen-bond acceptors (Lipinski definition) is 8. The van der Waals surface area contributed by atoms with Gasteiger partial charge in [-0.2, -0.15) is 0 Å². The third-order valence-electron chi connectivity index (χ3n) is 6.77. The molecule has 1 fully saturated rings. The first-order valence-corrected chi connectivity index (χ1v) is 11.9. The molecule has 2 bridgehead atoms. The van der Waals surface area contributed by atoms with Crippen molar-refractivity contribution in [3.8, 4) is 17.2 Å². The van der Waals surface area contributed by atoms with Gasteiger partial charge < -0.3 is 44.2 Å². The van der Waals surface area contributed by atoms with E-state index in [0.29, 0.717) is 29.3 Å². The molecule has 0 aliphatic carbocycles. The van der Waals surface area contributed by atoms with Crippen LogP contribution in [0.15, 0.2) is 60.7 Å². The van der Waals surface area contributed by atoms with E-state index in [4.69, 9.17) is 31.2 Å². The molecule has 1 saturated heterocycles. The molecule has 10 heteroatoms. The molecule has 3 aliphatic rings. The molecule has 4 N–H and O–H groups in total. The summed E-state index contributed by atoms with van der Waals surface area (Å²) in [6, 6.07) is 18.2. The molecule has 0 amide bonds. The van der Waals surface area contributed by atoms with Crippen LogP contribution in [0, 0.1) is 0 Å². The van der Waals surface area contributed by atoms with Gasteiger partial charge in [0.1, 0.15) is 12.4 Å². The van der Waals surface area contributed by atoms with Crippen molar-refractivity contribution in [3.63, 3.8) is 0 Å². The van der Waals surface area contributed by atoms with Crippen molar-refractivity contribution in [3.05, 3.63) is 66.2 Å². The van der Waals surface area contributed by atoms with E-state index in [2.05, 4.69) is 4.98 Å². The first-order chi connectivity index (χ1) is 17.3. The van der Waals surface area contributed by atoms with E-state index in [9.17, 15) is 15.3 Å². The zero-order chi connectivity index (χ0) is 25.1. The van der Waals surface area contributed by atoms with E-state index in [1.165, 1.54) is 0 Å². The van der Waals surface area contributed by atoms with E-state index in [-0.39, 0.29) is 23.9 Å². The Morgan fingerprint density at radius 3 is 2.67 bits per heavy atom. The molecule has 1 aromatic heterocycles. The Bertz CT molecular complexity index is 1490. The highest BCUT2D eigenvalue weighted by Gasteiger charge is 2.63. The Hall–Kier alpha value is -3.57. The van der Waals surface area contributed by atoms with Crippen LogP contribution >= 0.6 is 12.2 Å². The summed E-state index contributed by atoms with van der Waals surface area (Å²) in [5.41, 5.74) is 1.61. The molecule has 7 rings (SSSR count). The van der Waals surface area contributed by atoms with Crippen LogP contribution in [-0.2, 0) is 10.5 Å². The molecule has 3 aliphatic heterocycles. The first kappa shape index (κ1) is 22.9. The molecule has 36 heavy (non-hydrogen) atoms. The summed E-state index contributed by atoms with van der Waals surface area (Å²) in [6.45, 7) is 0.582. The summed E-state index contributed by atoms with van der Waals surface area (Å²) < 4.78 is 22.6. The first-order valence-electron chi connectivity index (χ1n) is 11.4. The Balaban J connectivity index is 1.23. The molecule has 0 radical (unpaired) electrons. The maximum absolute atomic E-state index is 11.5. The van der Waals surface area contributed by atoms with E-state index in [1.807, 2.05) is 36.4 Å². The second-order valence-electron chi connectivity index (χ2n) is 8.82. The number of benzene rings is 3. The number of aromatic amines is 1. The van der Waals surface area contributed by atoms with Gasteiger partial charge in [0.2, 0.25) is 0 Å². The number of fused-ring (bicyclic) bond motifs is 3. The predicted molar refractivity (Wildman–Crippen MR) is 135 cm³/mol. The normalized spacial score (nSPS) is 21.2. The number of hydrogen-bond donors (Lipinski definition) is 4. The van der Waals surface area contributed by atoms with Crippen LogP contribution in [-0.4, -0.2) is 69.1 Å². The van der Waals surface area contributed by atoms with Gasteiger partial charge in [0, 0.05) is 10.9 Å². The van der Waals surface area contributed by atoms with Gasteiger partial charge in [0.05, 0.1) is 36.7 Å². The van der Waals surface area contributed by atoms with Crippen molar-refractivity contribution in [1.82, 2.24) is 9.88 Å². The van der Waals surface area contributed by atoms with Crippen molar-refractivity contribution in [2.24, 2.45) is 0 Å². The molecule has 3 aromatic carbocycles. The number of nitrogens with one attached hydrogen (secondary N) is 1. The number of ether oxygens (including phenoxy) is 4. The molecule has 9 nitrogen and oxygen atoms in total. The Morgan fingerprint density at radius 2 is 1.86 bits per heavy atom. The third-order valence-corrected chi connectivity index (χ3v) is 7.12. The number of nitrogens with zero attached hydrogens (tertiary/aromatic N) is 1. The monoisotopic (exact) mass is 508 g/mol. The van der Waals surface area contributed by atoms with Gasteiger partial charge in [-0.25, -0.2) is 0 Å². The highest BCUT2D eigenvalue weighted by molar-refractivity contribution is 7.80. The number of para-hydroxylation sites is 3. The van der Waals surface area contributed by atoms with Gasteiger partial charge >= 0.3 is 0 Å². The van der Waals surface area contributed by atoms with E-state index >= 15 is 0 Å². The Kier molecular flexibility index (Phi) is 5.23. The minimum Gasteiger partial charge on any atom is -0.493 e. The summed E-state index contributed by atoms with van der Waals surface area (Å²) in [5.74, 6) is -3.79. The van der Waals surface area contributed by atoms with Gasteiger partial charge in [0.15, 0.2) is 17.6 Å². The van der Waals surface area contributed by atoms with Gasteiger partial charge in [0.25, 0.3) is 16.7 Å². The highest BCUT2D eigenvalue weighted by Crippen LogP contribution is 2.50. The average Bonchev–Trinajstić information content (AvgIpc) is 3.46. The van der Waals surface area contributed by atoms with E-state index in [0.717, 1.165) is 16.3 Å². The lowest BCUT2D eigenvalue weighted by Crippen LogP contribution is -2.64. The molecule has 0 saturated carbocycles. The van der Waals surface area contributed by atoms with Gasteiger partial charge in [-0.3, -0.25) is 0 Å². The Labute approximate surface area is 211 Å². The number of aliphatic hydroxyl groups is 3. The molecular formula is C26H24N2O7S. The zero-order valence-electron chi connectivity index (χ0n) is 19.3. The third kappa shape index (κ3) is 3.30. The van der Waals surface area contributed by atoms with Crippen LogP contribution in [0.25, 0.3) is 21.8 Å². The van der Waals surface area contributed by atoms with Crippen LogP contribution in [0.2, 0.25) is 0 Å². The quantitative estimate of drug-likeness (QED) is 0.221. The van der Waals surface area contributed by atoms with Crippen LogP contribution in [0.3, 0.4) is 0 Å². The second-order valence-corrected chi connectivity index (χ2v) is 9.17. The van der Waals surface area contributed by atoms with Gasteiger partial charge in [-0.05, 0) is 42.5 Å². The molecule has 186 valence electrons. The topological polar surface area (TPSA) is 117 Å². The van der Waals surface area contributed by atoms with Crippen LogP contribution in [0.4, 0.5) is 0 Å². The number of aromatic nitrogens is 1. The highest BCUT2D eigenvalue weighted by atomic mass is 32.1. The van der Waals surface area contributed by atoms with Crippen LogP contribution < -0.4 is 14.2 Å². The molecule has 0 spiro atoms. The lowest BCUT2D eigenvalue weighted by molar-refractivity contribution is -0.377. The van der Waals surface area contributed by atoms with Crippen molar-refractivity contribution in [2.75, 3.05) is 26.8 Å². The van der Waals surface area contributed by atoms with E-state index < -0.39 is 17.7 Å². The average molecular weight is 509 g/mol.